The molecular formula is C12H19NO3S2. The first-order valence-corrected chi connectivity index (χ1v) is 8.79. The Balaban J connectivity index is 2.34. The lowest BCUT2D eigenvalue weighted by Gasteiger charge is -2.16. The summed E-state index contributed by atoms with van der Waals surface area (Å²) in [6, 6.07) is 0. The van der Waals surface area contributed by atoms with Gasteiger partial charge < -0.3 is 5.11 Å². The zero-order chi connectivity index (χ0) is 13.6. The molecule has 1 aliphatic carbocycles. The highest BCUT2D eigenvalue weighted by atomic mass is 32.2. The lowest BCUT2D eigenvalue weighted by molar-refractivity contribution is 0.0813. The van der Waals surface area contributed by atoms with Crippen LogP contribution < -0.4 is 0 Å². The third kappa shape index (κ3) is 3.10. The smallest absolute Gasteiger partial charge is 0.156 e. The van der Waals surface area contributed by atoms with Gasteiger partial charge >= 0.3 is 0 Å². The van der Waals surface area contributed by atoms with Crippen molar-refractivity contribution in [3.63, 3.8) is 0 Å². The van der Waals surface area contributed by atoms with E-state index in [0.717, 1.165) is 23.4 Å². The second kappa shape index (κ2) is 4.58. The Morgan fingerprint density at radius 3 is 2.50 bits per heavy atom. The van der Waals surface area contributed by atoms with Crippen LogP contribution in [0.15, 0.2) is 0 Å². The molecule has 102 valence electrons. The van der Waals surface area contributed by atoms with Crippen molar-refractivity contribution in [3.05, 3.63) is 15.6 Å². The van der Waals surface area contributed by atoms with Gasteiger partial charge in [-0.05, 0) is 26.7 Å². The maximum atomic E-state index is 11.6. The molecule has 1 aliphatic rings. The summed E-state index contributed by atoms with van der Waals surface area (Å²) in [5, 5.41) is 10.7. The highest BCUT2D eigenvalue weighted by Gasteiger charge is 2.35. The monoisotopic (exact) mass is 289 g/mol. The number of hydrogen-bond acceptors (Lipinski definition) is 5. The number of aromatic nitrogens is 1. The first kappa shape index (κ1) is 14.0. The van der Waals surface area contributed by atoms with E-state index in [1.165, 1.54) is 11.3 Å². The topological polar surface area (TPSA) is 67.3 Å². The first-order chi connectivity index (χ1) is 8.23. The number of sulfone groups is 1. The van der Waals surface area contributed by atoms with E-state index in [2.05, 4.69) is 4.98 Å². The molecule has 1 aromatic rings. The van der Waals surface area contributed by atoms with Crippen molar-refractivity contribution < 1.29 is 13.5 Å². The number of hydrogen-bond donors (Lipinski definition) is 1. The van der Waals surface area contributed by atoms with Gasteiger partial charge in [-0.2, -0.15) is 0 Å². The minimum atomic E-state index is -3.06. The van der Waals surface area contributed by atoms with E-state index in [0.29, 0.717) is 10.9 Å². The number of aliphatic hydroxyl groups is 1. The number of thiazole rings is 1. The summed E-state index contributed by atoms with van der Waals surface area (Å²) >= 11 is 1.34. The van der Waals surface area contributed by atoms with Gasteiger partial charge in [0.1, 0.15) is 10.8 Å². The van der Waals surface area contributed by atoms with Crippen LogP contribution in [0.2, 0.25) is 0 Å². The van der Waals surface area contributed by atoms with Crippen LogP contribution in [0.5, 0.6) is 0 Å². The average Bonchev–Trinajstić information content (AvgIpc) is 2.99. The molecule has 1 saturated carbocycles. The largest absolute Gasteiger partial charge is 0.385 e. The Morgan fingerprint density at radius 2 is 2.06 bits per heavy atom. The summed E-state index contributed by atoms with van der Waals surface area (Å²) in [6.07, 6.45) is 2.18. The first-order valence-electron chi connectivity index (χ1n) is 6.16. The van der Waals surface area contributed by atoms with Crippen molar-refractivity contribution in [1.29, 1.82) is 0 Å². The molecule has 6 heteroatoms. The van der Waals surface area contributed by atoms with Crippen LogP contribution in [-0.2, 0) is 21.2 Å². The summed E-state index contributed by atoms with van der Waals surface area (Å²) in [6.45, 7) is 5.09. The van der Waals surface area contributed by atoms with E-state index in [1.54, 1.807) is 20.8 Å². The van der Waals surface area contributed by atoms with E-state index in [-0.39, 0.29) is 11.5 Å². The zero-order valence-electron chi connectivity index (χ0n) is 10.9. The van der Waals surface area contributed by atoms with Crippen LogP contribution in [0.25, 0.3) is 0 Å². The third-order valence-corrected chi connectivity index (χ3v) is 6.16. The van der Waals surface area contributed by atoms with Crippen LogP contribution >= 0.6 is 11.3 Å². The average molecular weight is 289 g/mol. The Hall–Kier alpha value is -0.460. The molecule has 2 rings (SSSR count). The number of nitrogens with zero attached hydrogens (tertiary/aromatic N) is 1. The van der Waals surface area contributed by atoms with Crippen LogP contribution in [0.1, 0.15) is 55.1 Å². The predicted octanol–water partition coefficient (Wildman–Crippen LogP) is 2.18. The molecule has 0 aliphatic heterocycles. The standard InChI is InChI=1S/C12H19NO3S2/c1-4-18(15,16)7-9-13-10(8-5-6-8)11(17-9)12(2,3)14/h8,14H,4-7H2,1-3H3. The van der Waals surface area contributed by atoms with Crippen LogP contribution in [0.3, 0.4) is 0 Å². The Bertz CT molecular complexity index is 536. The molecule has 1 N–H and O–H groups in total. The molecule has 0 amide bonds. The van der Waals surface area contributed by atoms with Crippen molar-refractivity contribution in [3.8, 4) is 0 Å². The minimum absolute atomic E-state index is 0.00995. The van der Waals surface area contributed by atoms with Gasteiger partial charge in [-0.1, -0.05) is 6.92 Å². The van der Waals surface area contributed by atoms with Crippen molar-refractivity contribution in [2.75, 3.05) is 5.75 Å². The van der Waals surface area contributed by atoms with Gasteiger partial charge in [-0.15, -0.1) is 11.3 Å². The second-order valence-electron chi connectivity index (χ2n) is 5.33. The van der Waals surface area contributed by atoms with Gasteiger partial charge in [0, 0.05) is 11.7 Å². The minimum Gasteiger partial charge on any atom is -0.385 e. The van der Waals surface area contributed by atoms with Gasteiger partial charge in [0.2, 0.25) is 0 Å². The Kier molecular flexibility index (Phi) is 3.55. The molecule has 0 spiro atoms. The summed E-state index contributed by atoms with van der Waals surface area (Å²) in [7, 11) is -3.06. The fourth-order valence-corrected chi connectivity index (χ4v) is 4.17. The maximum Gasteiger partial charge on any atom is 0.156 e. The fraction of sp³-hybridized carbons (Fsp3) is 0.750. The molecule has 0 aromatic carbocycles. The van der Waals surface area contributed by atoms with Crippen LogP contribution in [-0.4, -0.2) is 24.3 Å². The molecule has 4 nitrogen and oxygen atoms in total. The van der Waals surface area contributed by atoms with E-state index in [9.17, 15) is 13.5 Å². The third-order valence-electron chi connectivity index (χ3n) is 3.00. The lowest BCUT2D eigenvalue weighted by Crippen LogP contribution is -2.15. The van der Waals surface area contributed by atoms with E-state index in [4.69, 9.17) is 0 Å². The van der Waals surface area contributed by atoms with E-state index in [1.807, 2.05) is 0 Å². The molecule has 1 fully saturated rings. The highest BCUT2D eigenvalue weighted by Crippen LogP contribution is 2.45. The summed E-state index contributed by atoms with van der Waals surface area (Å²) < 4.78 is 23.3. The highest BCUT2D eigenvalue weighted by molar-refractivity contribution is 7.90. The molecule has 0 saturated heterocycles. The summed E-state index contributed by atoms with van der Waals surface area (Å²) in [5.41, 5.74) is -0.0297. The summed E-state index contributed by atoms with van der Waals surface area (Å²) in [5.74, 6) is 0.536. The SMILES string of the molecule is CCS(=O)(=O)Cc1nc(C2CC2)c(C(C)(C)O)s1. The maximum absolute atomic E-state index is 11.6. The van der Waals surface area contributed by atoms with Crippen molar-refractivity contribution in [2.24, 2.45) is 0 Å². The van der Waals surface area contributed by atoms with Crippen LogP contribution in [0.4, 0.5) is 0 Å². The molecule has 18 heavy (non-hydrogen) atoms. The van der Waals surface area contributed by atoms with Gasteiger partial charge in [0.15, 0.2) is 9.84 Å². The number of rotatable bonds is 5. The molecule has 1 heterocycles. The second-order valence-corrected chi connectivity index (χ2v) is 8.77. The molecule has 1 aromatic heterocycles. The zero-order valence-corrected chi connectivity index (χ0v) is 12.6. The van der Waals surface area contributed by atoms with Crippen LogP contribution in [0, 0.1) is 0 Å². The fourth-order valence-electron chi connectivity index (χ4n) is 1.80. The van der Waals surface area contributed by atoms with E-state index >= 15 is 0 Å². The van der Waals surface area contributed by atoms with Crippen molar-refractivity contribution in [2.45, 2.75) is 50.9 Å². The molecule has 0 radical (unpaired) electrons. The Morgan fingerprint density at radius 1 is 1.44 bits per heavy atom. The molecule has 0 bridgehead atoms. The van der Waals surface area contributed by atoms with Gasteiger partial charge in [0.25, 0.3) is 0 Å². The predicted molar refractivity (Wildman–Crippen MR) is 72.5 cm³/mol. The molecule has 0 atom stereocenters. The van der Waals surface area contributed by atoms with Crippen molar-refractivity contribution >= 4 is 21.2 Å². The normalized spacial score (nSPS) is 17.1. The van der Waals surface area contributed by atoms with E-state index < -0.39 is 15.4 Å². The Labute approximate surface area is 112 Å². The quantitative estimate of drug-likeness (QED) is 0.902. The van der Waals surface area contributed by atoms with Crippen molar-refractivity contribution in [1.82, 2.24) is 4.98 Å². The van der Waals surface area contributed by atoms with Gasteiger partial charge in [0.05, 0.1) is 16.2 Å². The molecule has 0 unspecified atom stereocenters. The molecular weight excluding hydrogens is 270 g/mol. The van der Waals surface area contributed by atoms with Gasteiger partial charge in [-0.3, -0.25) is 0 Å². The lowest BCUT2D eigenvalue weighted by atomic mass is 10.0. The van der Waals surface area contributed by atoms with Gasteiger partial charge in [-0.25, -0.2) is 13.4 Å². The summed E-state index contributed by atoms with van der Waals surface area (Å²) in [4.78, 5) is 5.28.